The quantitative estimate of drug-likeness (QED) is 0.420. The summed E-state index contributed by atoms with van der Waals surface area (Å²) in [4.78, 5) is 22.6. The summed E-state index contributed by atoms with van der Waals surface area (Å²) in [6.07, 6.45) is 8.16. The lowest BCUT2D eigenvalue weighted by Crippen LogP contribution is -2.32. The maximum Gasteiger partial charge on any atom is 0.310 e. The van der Waals surface area contributed by atoms with Crippen molar-refractivity contribution in [3.63, 3.8) is 0 Å². The SMILES string of the molecule is C#CCOC(=O)C1CCCCC1C(=O)Cl. The van der Waals surface area contributed by atoms with Crippen molar-refractivity contribution >= 4 is 22.8 Å². The smallest absolute Gasteiger partial charge is 0.310 e. The third-order valence-corrected chi connectivity index (χ3v) is 2.94. The van der Waals surface area contributed by atoms with Crippen molar-refractivity contribution in [2.75, 3.05) is 6.61 Å². The van der Waals surface area contributed by atoms with Gasteiger partial charge in [-0.05, 0) is 24.4 Å². The van der Waals surface area contributed by atoms with Crippen molar-refractivity contribution in [2.24, 2.45) is 11.8 Å². The van der Waals surface area contributed by atoms with Crippen LogP contribution in [0, 0.1) is 24.2 Å². The fraction of sp³-hybridized carbons (Fsp3) is 0.636. The molecule has 1 aliphatic rings. The van der Waals surface area contributed by atoms with E-state index in [4.69, 9.17) is 22.8 Å². The summed E-state index contributed by atoms with van der Waals surface area (Å²) in [7, 11) is 0. The number of carbonyl (C=O) groups is 2. The molecule has 0 bridgehead atoms. The maximum absolute atomic E-state index is 11.5. The molecule has 0 aromatic carbocycles. The molecule has 0 aromatic rings. The maximum atomic E-state index is 11.5. The van der Waals surface area contributed by atoms with Crippen LogP contribution in [-0.4, -0.2) is 17.8 Å². The van der Waals surface area contributed by atoms with Gasteiger partial charge in [-0.15, -0.1) is 6.42 Å². The summed E-state index contributed by atoms with van der Waals surface area (Å²) in [6, 6.07) is 0. The summed E-state index contributed by atoms with van der Waals surface area (Å²) in [5.41, 5.74) is 0. The third kappa shape index (κ3) is 3.24. The Bertz CT molecular complexity index is 293. The Labute approximate surface area is 94.1 Å². The van der Waals surface area contributed by atoms with Crippen molar-refractivity contribution in [2.45, 2.75) is 25.7 Å². The number of rotatable bonds is 3. The van der Waals surface area contributed by atoms with Gasteiger partial charge in [0.15, 0.2) is 6.61 Å². The highest BCUT2D eigenvalue weighted by atomic mass is 35.5. The lowest BCUT2D eigenvalue weighted by molar-refractivity contribution is -0.151. The molecular formula is C11H13ClO3. The number of hydrogen-bond donors (Lipinski definition) is 0. The first-order chi connectivity index (χ1) is 7.16. The molecule has 1 fully saturated rings. The van der Waals surface area contributed by atoms with Crippen LogP contribution < -0.4 is 0 Å². The topological polar surface area (TPSA) is 43.4 Å². The van der Waals surface area contributed by atoms with Crippen LogP contribution in [0.3, 0.4) is 0 Å². The Morgan fingerprint density at radius 2 is 1.93 bits per heavy atom. The lowest BCUT2D eigenvalue weighted by atomic mass is 9.80. The largest absolute Gasteiger partial charge is 0.452 e. The van der Waals surface area contributed by atoms with Gasteiger partial charge in [0.25, 0.3) is 0 Å². The molecule has 82 valence electrons. The van der Waals surface area contributed by atoms with Gasteiger partial charge in [-0.3, -0.25) is 9.59 Å². The predicted molar refractivity (Wildman–Crippen MR) is 56.1 cm³/mol. The van der Waals surface area contributed by atoms with Crippen LogP contribution in [0.4, 0.5) is 0 Å². The third-order valence-electron chi connectivity index (χ3n) is 2.66. The van der Waals surface area contributed by atoms with E-state index in [1.807, 2.05) is 0 Å². The van der Waals surface area contributed by atoms with E-state index in [-0.39, 0.29) is 6.61 Å². The standard InChI is InChI=1S/C11H13ClO3/c1-2-7-15-11(14)9-6-4-3-5-8(9)10(12)13/h1,8-9H,3-7H2. The molecule has 0 heterocycles. The lowest BCUT2D eigenvalue weighted by Gasteiger charge is -2.26. The fourth-order valence-corrected chi connectivity index (χ4v) is 2.17. The molecule has 0 spiro atoms. The van der Waals surface area contributed by atoms with Gasteiger partial charge in [-0.1, -0.05) is 18.8 Å². The van der Waals surface area contributed by atoms with Gasteiger partial charge < -0.3 is 4.74 Å². The second kappa shape index (κ2) is 5.77. The van der Waals surface area contributed by atoms with Crippen LogP contribution in [0.25, 0.3) is 0 Å². The highest BCUT2D eigenvalue weighted by Gasteiger charge is 2.35. The minimum absolute atomic E-state index is 0.0431. The molecular weight excluding hydrogens is 216 g/mol. The highest BCUT2D eigenvalue weighted by Crippen LogP contribution is 2.32. The van der Waals surface area contributed by atoms with Crippen molar-refractivity contribution in [1.29, 1.82) is 0 Å². The molecule has 1 saturated carbocycles. The second-order valence-corrected chi connectivity index (χ2v) is 3.99. The first kappa shape index (κ1) is 12.1. The zero-order chi connectivity index (χ0) is 11.3. The average molecular weight is 229 g/mol. The van der Waals surface area contributed by atoms with Crippen LogP contribution in [0.15, 0.2) is 0 Å². The summed E-state index contributed by atoms with van der Waals surface area (Å²) < 4.78 is 4.83. The predicted octanol–water partition coefficient (Wildman–Crippen LogP) is 1.73. The first-order valence-corrected chi connectivity index (χ1v) is 5.34. The Morgan fingerprint density at radius 3 is 2.47 bits per heavy atom. The Hall–Kier alpha value is -1.01. The Kier molecular flexibility index (Phi) is 4.64. The molecule has 1 aliphatic carbocycles. The highest BCUT2D eigenvalue weighted by molar-refractivity contribution is 6.64. The molecule has 3 nitrogen and oxygen atoms in total. The zero-order valence-corrected chi connectivity index (χ0v) is 9.13. The number of esters is 1. The molecule has 0 amide bonds. The molecule has 0 saturated heterocycles. The summed E-state index contributed by atoms with van der Waals surface area (Å²) >= 11 is 5.44. The van der Waals surface area contributed by atoms with Gasteiger partial charge in [0.2, 0.25) is 5.24 Å². The van der Waals surface area contributed by atoms with E-state index in [1.165, 1.54) is 0 Å². The average Bonchev–Trinajstić information content (AvgIpc) is 2.25. The van der Waals surface area contributed by atoms with Gasteiger partial charge in [0, 0.05) is 5.92 Å². The van der Waals surface area contributed by atoms with E-state index in [9.17, 15) is 9.59 Å². The van der Waals surface area contributed by atoms with E-state index in [2.05, 4.69) is 5.92 Å². The van der Waals surface area contributed by atoms with E-state index < -0.39 is 23.0 Å². The molecule has 0 N–H and O–H groups in total. The van der Waals surface area contributed by atoms with Crippen LogP contribution >= 0.6 is 11.6 Å². The molecule has 0 aliphatic heterocycles. The van der Waals surface area contributed by atoms with Crippen LogP contribution in [0.1, 0.15) is 25.7 Å². The number of terminal acetylenes is 1. The van der Waals surface area contributed by atoms with Gasteiger partial charge in [0.1, 0.15) is 0 Å². The monoisotopic (exact) mass is 228 g/mol. The van der Waals surface area contributed by atoms with Gasteiger partial charge in [-0.25, -0.2) is 0 Å². The minimum Gasteiger partial charge on any atom is -0.452 e. The zero-order valence-electron chi connectivity index (χ0n) is 8.37. The number of carbonyl (C=O) groups excluding carboxylic acids is 2. The van der Waals surface area contributed by atoms with Gasteiger partial charge >= 0.3 is 5.97 Å². The van der Waals surface area contributed by atoms with E-state index in [1.54, 1.807) is 0 Å². The molecule has 0 aromatic heterocycles. The Balaban J connectivity index is 2.60. The van der Waals surface area contributed by atoms with Crippen LogP contribution in [-0.2, 0) is 14.3 Å². The van der Waals surface area contributed by atoms with Crippen molar-refractivity contribution < 1.29 is 14.3 Å². The van der Waals surface area contributed by atoms with E-state index in [0.29, 0.717) is 12.8 Å². The number of hydrogen-bond acceptors (Lipinski definition) is 3. The molecule has 2 atom stereocenters. The second-order valence-electron chi connectivity index (χ2n) is 3.61. The molecule has 1 rings (SSSR count). The van der Waals surface area contributed by atoms with Gasteiger partial charge in [0.05, 0.1) is 5.92 Å². The van der Waals surface area contributed by atoms with Gasteiger partial charge in [-0.2, -0.15) is 0 Å². The minimum atomic E-state index is -0.447. The van der Waals surface area contributed by atoms with E-state index in [0.717, 1.165) is 12.8 Å². The van der Waals surface area contributed by atoms with Crippen LogP contribution in [0.5, 0.6) is 0 Å². The molecule has 2 unspecified atom stereocenters. The molecule has 15 heavy (non-hydrogen) atoms. The van der Waals surface area contributed by atoms with E-state index >= 15 is 0 Å². The summed E-state index contributed by atoms with van der Waals surface area (Å²) in [5, 5.41) is -0.447. The summed E-state index contributed by atoms with van der Waals surface area (Å²) in [5.74, 6) is 1.02. The molecule has 0 radical (unpaired) electrons. The number of ether oxygens (including phenoxy) is 1. The first-order valence-electron chi connectivity index (χ1n) is 4.96. The van der Waals surface area contributed by atoms with Crippen LogP contribution in [0.2, 0.25) is 0 Å². The molecule has 4 heteroatoms. The normalized spacial score (nSPS) is 25.3. The Morgan fingerprint density at radius 1 is 1.33 bits per heavy atom. The van der Waals surface area contributed by atoms with Crippen molar-refractivity contribution in [3.8, 4) is 12.3 Å². The fourth-order valence-electron chi connectivity index (χ4n) is 1.90. The van der Waals surface area contributed by atoms with Crippen molar-refractivity contribution in [3.05, 3.63) is 0 Å². The number of halogens is 1. The van der Waals surface area contributed by atoms with Crippen molar-refractivity contribution in [1.82, 2.24) is 0 Å². The summed E-state index contributed by atoms with van der Waals surface area (Å²) in [6.45, 7) is -0.0431.